The standard InChI is InChI=1S/C19H31N5/c1-20-19(24-10-5-6-11-24)21-9-12-22-13-15-23(16-14-22)17-18-7-3-2-4-8-18/h2-4,7-8H,5-6,9-17H2,1H3,(H,20,21). The van der Waals surface area contributed by atoms with Gasteiger partial charge in [0.05, 0.1) is 0 Å². The van der Waals surface area contributed by atoms with Crippen molar-refractivity contribution in [3.63, 3.8) is 0 Å². The van der Waals surface area contributed by atoms with E-state index >= 15 is 0 Å². The van der Waals surface area contributed by atoms with Crippen LogP contribution in [0.25, 0.3) is 0 Å². The predicted octanol–water partition coefficient (Wildman–Crippen LogP) is 1.48. The third-order valence-corrected chi connectivity index (χ3v) is 5.04. The van der Waals surface area contributed by atoms with Crippen molar-refractivity contribution in [1.29, 1.82) is 0 Å². The average Bonchev–Trinajstić information content (AvgIpc) is 3.15. The highest BCUT2D eigenvalue weighted by Crippen LogP contribution is 2.09. The Labute approximate surface area is 146 Å². The van der Waals surface area contributed by atoms with E-state index in [0.29, 0.717) is 0 Å². The SMILES string of the molecule is CN=C(NCCN1CCN(Cc2ccccc2)CC1)N1CCCC1. The lowest BCUT2D eigenvalue weighted by Crippen LogP contribution is -2.49. The number of hydrogen-bond donors (Lipinski definition) is 1. The molecule has 0 aromatic heterocycles. The zero-order chi connectivity index (χ0) is 16.6. The summed E-state index contributed by atoms with van der Waals surface area (Å²) in [7, 11) is 1.89. The van der Waals surface area contributed by atoms with Gasteiger partial charge in [-0.25, -0.2) is 0 Å². The van der Waals surface area contributed by atoms with Crippen LogP contribution in [0.3, 0.4) is 0 Å². The molecule has 0 amide bonds. The zero-order valence-corrected chi connectivity index (χ0v) is 15.0. The Kier molecular flexibility index (Phi) is 6.49. The maximum Gasteiger partial charge on any atom is 0.193 e. The molecule has 2 aliphatic heterocycles. The van der Waals surface area contributed by atoms with Gasteiger partial charge in [-0.15, -0.1) is 0 Å². The number of benzene rings is 1. The molecule has 5 nitrogen and oxygen atoms in total. The lowest BCUT2D eigenvalue weighted by atomic mass is 10.2. The van der Waals surface area contributed by atoms with Crippen LogP contribution in [0.1, 0.15) is 18.4 Å². The molecule has 0 radical (unpaired) electrons. The van der Waals surface area contributed by atoms with Gasteiger partial charge in [0, 0.05) is 66.0 Å². The first-order chi connectivity index (χ1) is 11.8. The van der Waals surface area contributed by atoms with E-state index in [4.69, 9.17) is 0 Å². The van der Waals surface area contributed by atoms with Crippen molar-refractivity contribution >= 4 is 5.96 Å². The van der Waals surface area contributed by atoms with Gasteiger partial charge in [0.1, 0.15) is 0 Å². The van der Waals surface area contributed by atoms with Crippen molar-refractivity contribution < 1.29 is 0 Å². The molecule has 5 heteroatoms. The summed E-state index contributed by atoms with van der Waals surface area (Å²) in [6.07, 6.45) is 2.59. The second kappa shape index (κ2) is 9.04. The number of guanidine groups is 1. The summed E-state index contributed by atoms with van der Waals surface area (Å²) in [6, 6.07) is 10.8. The van der Waals surface area contributed by atoms with Crippen molar-refractivity contribution in [2.24, 2.45) is 4.99 Å². The Morgan fingerprint density at radius 3 is 2.29 bits per heavy atom. The van der Waals surface area contributed by atoms with Crippen LogP contribution in [-0.4, -0.2) is 80.1 Å². The molecule has 0 unspecified atom stereocenters. The van der Waals surface area contributed by atoms with Gasteiger partial charge in [-0.3, -0.25) is 14.8 Å². The van der Waals surface area contributed by atoms with E-state index in [1.54, 1.807) is 0 Å². The summed E-state index contributed by atoms with van der Waals surface area (Å²) in [5.74, 6) is 1.08. The zero-order valence-electron chi connectivity index (χ0n) is 15.0. The summed E-state index contributed by atoms with van der Waals surface area (Å²) in [4.78, 5) is 11.9. The highest BCUT2D eigenvalue weighted by molar-refractivity contribution is 5.80. The molecule has 1 aromatic carbocycles. The molecule has 0 aliphatic carbocycles. The van der Waals surface area contributed by atoms with Gasteiger partial charge >= 0.3 is 0 Å². The Balaban J connectivity index is 1.33. The van der Waals surface area contributed by atoms with Crippen molar-refractivity contribution in [1.82, 2.24) is 20.0 Å². The molecule has 132 valence electrons. The maximum atomic E-state index is 4.42. The van der Waals surface area contributed by atoms with Gasteiger partial charge in [0.15, 0.2) is 5.96 Å². The first-order valence-corrected chi connectivity index (χ1v) is 9.29. The van der Waals surface area contributed by atoms with E-state index in [2.05, 4.69) is 55.3 Å². The number of piperazine rings is 1. The molecular weight excluding hydrogens is 298 g/mol. The number of nitrogens with one attached hydrogen (secondary N) is 1. The first kappa shape index (κ1) is 17.2. The minimum atomic E-state index is 0.988. The summed E-state index contributed by atoms with van der Waals surface area (Å²) in [5, 5.41) is 3.53. The minimum Gasteiger partial charge on any atom is -0.355 e. The second-order valence-electron chi connectivity index (χ2n) is 6.77. The van der Waals surface area contributed by atoms with E-state index in [1.165, 1.54) is 18.4 Å². The Bertz CT molecular complexity index is 502. The topological polar surface area (TPSA) is 34.1 Å². The van der Waals surface area contributed by atoms with Gasteiger partial charge in [-0.2, -0.15) is 0 Å². The number of rotatable bonds is 5. The monoisotopic (exact) mass is 329 g/mol. The molecular formula is C19H31N5. The fourth-order valence-corrected chi connectivity index (χ4v) is 3.60. The number of hydrogen-bond acceptors (Lipinski definition) is 3. The van der Waals surface area contributed by atoms with Crippen molar-refractivity contribution in [3.05, 3.63) is 35.9 Å². The molecule has 0 atom stereocenters. The third-order valence-electron chi connectivity index (χ3n) is 5.04. The van der Waals surface area contributed by atoms with E-state index in [0.717, 1.165) is 64.9 Å². The lowest BCUT2D eigenvalue weighted by Gasteiger charge is -2.35. The van der Waals surface area contributed by atoms with E-state index < -0.39 is 0 Å². The van der Waals surface area contributed by atoms with E-state index in [1.807, 2.05) is 7.05 Å². The summed E-state index contributed by atoms with van der Waals surface area (Å²) < 4.78 is 0. The van der Waals surface area contributed by atoms with E-state index in [9.17, 15) is 0 Å². The molecule has 2 saturated heterocycles. The highest BCUT2D eigenvalue weighted by Gasteiger charge is 2.18. The molecule has 2 aliphatic rings. The Morgan fingerprint density at radius 1 is 0.958 bits per heavy atom. The molecule has 2 heterocycles. The van der Waals surface area contributed by atoms with Crippen LogP contribution in [0.2, 0.25) is 0 Å². The fraction of sp³-hybridized carbons (Fsp3) is 0.632. The molecule has 1 N–H and O–H groups in total. The Hall–Kier alpha value is -1.59. The third kappa shape index (κ3) is 4.95. The summed E-state index contributed by atoms with van der Waals surface area (Å²) in [5.41, 5.74) is 1.42. The molecule has 0 bridgehead atoms. The Morgan fingerprint density at radius 2 is 1.62 bits per heavy atom. The predicted molar refractivity (Wildman–Crippen MR) is 100 cm³/mol. The first-order valence-electron chi connectivity index (χ1n) is 9.29. The van der Waals surface area contributed by atoms with Crippen molar-refractivity contribution in [3.8, 4) is 0 Å². The molecule has 24 heavy (non-hydrogen) atoms. The molecule has 0 spiro atoms. The van der Waals surface area contributed by atoms with Crippen LogP contribution in [0.4, 0.5) is 0 Å². The molecule has 2 fully saturated rings. The molecule has 0 saturated carbocycles. The number of aliphatic imine (C=N–C) groups is 1. The van der Waals surface area contributed by atoms with Crippen LogP contribution < -0.4 is 5.32 Å². The number of likely N-dealkylation sites (tertiary alicyclic amines) is 1. The quantitative estimate of drug-likeness (QED) is 0.655. The van der Waals surface area contributed by atoms with Crippen molar-refractivity contribution in [2.45, 2.75) is 19.4 Å². The average molecular weight is 329 g/mol. The fourth-order valence-electron chi connectivity index (χ4n) is 3.60. The van der Waals surface area contributed by atoms with Gasteiger partial charge in [-0.1, -0.05) is 30.3 Å². The smallest absolute Gasteiger partial charge is 0.193 e. The summed E-state index contributed by atoms with van der Waals surface area (Å²) >= 11 is 0. The number of nitrogens with zero attached hydrogens (tertiary/aromatic N) is 4. The largest absolute Gasteiger partial charge is 0.355 e. The second-order valence-corrected chi connectivity index (χ2v) is 6.77. The van der Waals surface area contributed by atoms with Gasteiger partial charge < -0.3 is 10.2 Å². The van der Waals surface area contributed by atoms with E-state index in [-0.39, 0.29) is 0 Å². The van der Waals surface area contributed by atoms with Crippen molar-refractivity contribution in [2.75, 3.05) is 59.4 Å². The van der Waals surface area contributed by atoms with Gasteiger partial charge in [0.2, 0.25) is 0 Å². The van der Waals surface area contributed by atoms with Crippen LogP contribution in [-0.2, 0) is 6.54 Å². The molecule has 1 aromatic rings. The van der Waals surface area contributed by atoms with Crippen LogP contribution in [0.5, 0.6) is 0 Å². The maximum absolute atomic E-state index is 4.42. The van der Waals surface area contributed by atoms with Crippen LogP contribution >= 0.6 is 0 Å². The lowest BCUT2D eigenvalue weighted by molar-refractivity contribution is 0.128. The van der Waals surface area contributed by atoms with Gasteiger partial charge in [-0.05, 0) is 18.4 Å². The van der Waals surface area contributed by atoms with Crippen LogP contribution in [0, 0.1) is 0 Å². The highest BCUT2D eigenvalue weighted by atomic mass is 15.3. The van der Waals surface area contributed by atoms with Crippen LogP contribution in [0.15, 0.2) is 35.3 Å². The summed E-state index contributed by atoms with van der Waals surface area (Å²) in [6.45, 7) is 10.1. The molecule has 3 rings (SSSR count). The van der Waals surface area contributed by atoms with Gasteiger partial charge in [0.25, 0.3) is 0 Å². The minimum absolute atomic E-state index is 0.988. The normalized spacial score (nSPS) is 20.5.